The molecule has 0 atom stereocenters. The van der Waals surface area contributed by atoms with Crippen LogP contribution >= 0.6 is 0 Å². The van der Waals surface area contributed by atoms with Gasteiger partial charge in [0.1, 0.15) is 0 Å². The number of hydrogen-bond acceptors (Lipinski definition) is 2. The van der Waals surface area contributed by atoms with Gasteiger partial charge in [-0.15, -0.1) is 0 Å². The topological polar surface area (TPSA) is 37.3 Å². The van der Waals surface area contributed by atoms with E-state index in [1.165, 1.54) is 0 Å². The molecule has 0 saturated carbocycles. The molecule has 0 aliphatic carbocycles. The van der Waals surface area contributed by atoms with E-state index in [4.69, 9.17) is 5.54 Å². The molecule has 0 spiro atoms. The zero-order chi connectivity index (χ0) is 6.78. The molecule has 0 aliphatic heterocycles. The zero-order valence-corrected chi connectivity index (χ0v) is 1.82. The van der Waals surface area contributed by atoms with Gasteiger partial charge in [0.2, 0.25) is 0 Å². The molecule has 2 heteroatoms. The lowest BCUT2D eigenvalue weighted by Crippen LogP contribution is -1.78. The van der Waals surface area contributed by atoms with E-state index >= 15 is 0 Å². The highest BCUT2D eigenvalue weighted by Crippen LogP contribution is 1.42. The fourth-order valence-electron chi connectivity index (χ4n) is 0. The molecule has 1 N–H and O–H groups in total. The third-order valence-corrected chi connectivity index (χ3v) is 0. The summed E-state index contributed by atoms with van der Waals surface area (Å²) in [6.07, 6.45) is 0. The number of carbonyl (C=O) groups is 1. The van der Waals surface area contributed by atoms with Gasteiger partial charge in [0.15, 0.2) is 0 Å². The molecule has 0 fully saturated rings. The van der Waals surface area contributed by atoms with Crippen LogP contribution in [0.5, 0.6) is 0 Å². The minimum absolute atomic E-state index is 1.50. The lowest BCUT2D eigenvalue weighted by Gasteiger charge is -1.59. The van der Waals surface area contributed by atoms with Crippen molar-refractivity contribution in [2.24, 2.45) is 0 Å². The van der Waals surface area contributed by atoms with E-state index in [2.05, 4.69) is 5.11 Å². The molecule has 0 heterocycles. The van der Waals surface area contributed by atoms with Gasteiger partial charge >= 0.3 is 0 Å². The van der Waals surface area contributed by atoms with E-state index in [-0.39, 0.29) is 0 Å². The molecule has 0 aromatic rings. The van der Waals surface area contributed by atoms with Crippen molar-refractivity contribution in [2.75, 3.05) is 0 Å². The van der Waals surface area contributed by atoms with Crippen LogP contribution in [-0.2, 0) is 4.79 Å². The fourth-order valence-corrected chi connectivity index (χ4v) is 0. The van der Waals surface area contributed by atoms with Crippen LogP contribution in [0.15, 0.2) is 0 Å². The number of carboxylic acids is 1. The van der Waals surface area contributed by atoms with E-state index in [1.807, 2.05) is 0 Å². The van der Waals surface area contributed by atoms with Gasteiger partial charge in [-0.2, -0.15) is 0 Å². The molecule has 0 unspecified atom stereocenters. The van der Waals surface area contributed by atoms with Gasteiger partial charge in [-0.3, -0.25) is 4.79 Å². The maximum atomic E-state index is 9.86. The maximum absolute atomic E-state index is 9.86. The first kappa shape index (κ1) is 0.506. The quantitative estimate of drug-likeness (QED) is 0.407. The lowest BCUT2D eigenvalue weighted by molar-refractivity contribution is -0.134. The maximum Gasteiger partial charge on any atom is 0.300 e. The van der Waals surface area contributed by atoms with Gasteiger partial charge in [0.05, 0.1) is 0 Å². The Hall–Kier alpha value is -0.530. The van der Waals surface area contributed by atoms with Crippen molar-refractivity contribution in [3.8, 4) is 0 Å². The minimum Gasteiger partial charge on any atom is -0.481 e. The van der Waals surface area contributed by atoms with Crippen molar-refractivity contribution in [3.05, 3.63) is 0 Å². The Kier molecular flexibility index (Phi) is 0.111. The summed E-state index contributed by atoms with van der Waals surface area (Å²) in [5, 5.41) is 3.16. The van der Waals surface area contributed by atoms with Gasteiger partial charge < -0.3 is 5.11 Å². The van der Waals surface area contributed by atoms with Crippen LogP contribution < -0.4 is 0 Å². The summed E-state index contributed by atoms with van der Waals surface area (Å²) in [6.45, 7) is -2.79. The van der Waals surface area contributed by atoms with Gasteiger partial charge in [0, 0.05) is 11.0 Å². The molecule has 0 radical (unpaired) electrons. The van der Waals surface area contributed by atoms with Gasteiger partial charge in [-0.05, 0) is 0 Å². The molecule has 0 aliphatic rings. The molecule has 0 saturated heterocycles. The Bertz CT molecular complexity index is 94.7. The first-order chi connectivity index (χ1) is 3.48. The van der Waals surface area contributed by atoms with Crippen molar-refractivity contribution in [1.82, 2.24) is 0 Å². The lowest BCUT2D eigenvalue weighted by atomic mass is 11.8. The smallest absolute Gasteiger partial charge is 0.300 e. The summed E-state index contributed by atoms with van der Waals surface area (Å²) in [6, 6.07) is 0. The van der Waals surface area contributed by atoms with Crippen LogP contribution in [0.3, 0.4) is 0 Å². The molecule has 0 aromatic carbocycles. The fraction of sp³-hybridized carbons (Fsp3) is 0.500. The molecule has 24 valence electrons. The van der Waals surface area contributed by atoms with Crippen molar-refractivity contribution in [3.63, 3.8) is 0 Å². The Labute approximate surface area is 29.8 Å². The van der Waals surface area contributed by atoms with E-state index in [0.717, 1.165) is 0 Å². The summed E-state index contributed by atoms with van der Waals surface area (Å²) >= 11 is 0. The Morgan fingerprint density at radius 3 is 3.50 bits per heavy atom. The Balaban J connectivity index is 3.82. The van der Waals surface area contributed by atoms with Crippen LogP contribution in [-0.4, -0.2) is 11.1 Å². The number of rotatable bonds is 0. The van der Waals surface area contributed by atoms with Crippen LogP contribution in [0.4, 0.5) is 0 Å². The third kappa shape index (κ3) is 1.16. The van der Waals surface area contributed by atoms with E-state index < -0.39 is 12.8 Å². The Morgan fingerprint density at radius 1 is 2.75 bits per heavy atom. The predicted octanol–water partition coefficient (Wildman–Crippen LogP) is 0.0909. The molecule has 2 nitrogen and oxygen atoms in total. The normalized spacial score (nSPS) is 23.0. The number of aliphatic carboxylic acids is 1. The highest BCUT2D eigenvalue weighted by molar-refractivity contribution is 5.62. The molecule has 0 aromatic heterocycles. The minimum atomic E-state index is -2.79. The second kappa shape index (κ2) is 0.875. The van der Waals surface area contributed by atoms with Crippen LogP contribution in [0.25, 0.3) is 1.43 Å². The monoisotopic (exact) mass is 66.1 g/mol. The molecule has 4 heavy (non-hydrogen) atoms. The SMILES string of the molecule is [2H]O[13C](=O)[13C]([2H])([2H])[2H]. The average molecular weight is 66.1 g/mol. The first-order valence-corrected chi connectivity index (χ1v) is 0.658. The van der Waals surface area contributed by atoms with Gasteiger partial charge in [0.25, 0.3) is 7.40 Å². The number of carboxylic acid groups (broad SMARTS) is 1. The summed E-state index contributed by atoms with van der Waals surface area (Å²) in [5.74, 6) is -1.50. The molecule has 0 bridgehead atoms. The second-order valence-corrected chi connectivity index (χ2v) is 0.287. The molecular weight excluding hydrogens is 58.0 g/mol. The highest BCUT2D eigenvalue weighted by Gasteiger charge is 1.65. The van der Waals surface area contributed by atoms with Crippen molar-refractivity contribution < 1.29 is 14.0 Å². The number of hydrogen-bond donors (Lipinski definition) is 1. The van der Waals surface area contributed by atoms with Crippen molar-refractivity contribution >= 4 is 5.97 Å². The third-order valence-electron chi connectivity index (χ3n) is 0. The molecular formula is C2H4O2. The van der Waals surface area contributed by atoms with E-state index in [9.17, 15) is 4.79 Å². The van der Waals surface area contributed by atoms with Crippen LogP contribution in [0.1, 0.15) is 11.0 Å². The standard InChI is InChI=1S/C2H4O2/c1-2(3)4/h1H3,(H,3,4)/i1+1D3,2+1/hD. The predicted molar refractivity (Wildman–Crippen MR) is 13.3 cm³/mol. The Morgan fingerprint density at radius 2 is 3.50 bits per heavy atom. The van der Waals surface area contributed by atoms with Gasteiger partial charge in [-0.25, -0.2) is 0 Å². The second-order valence-electron chi connectivity index (χ2n) is 0.287. The van der Waals surface area contributed by atoms with Crippen LogP contribution in [0.2, 0.25) is 0 Å². The highest BCUT2D eigenvalue weighted by atomic mass is 16.5. The zero-order valence-electron chi connectivity index (χ0n) is 5.82. The summed E-state index contributed by atoms with van der Waals surface area (Å²) in [5.41, 5.74) is 0. The summed E-state index contributed by atoms with van der Waals surface area (Å²) in [4.78, 5) is 9.86. The van der Waals surface area contributed by atoms with Crippen molar-refractivity contribution in [2.45, 2.75) is 6.85 Å². The van der Waals surface area contributed by atoms with Gasteiger partial charge in [-0.1, -0.05) is 0 Å². The van der Waals surface area contributed by atoms with Crippen molar-refractivity contribution in [1.29, 1.82) is 1.43 Å². The summed E-state index contributed by atoms with van der Waals surface area (Å²) < 4.78 is 24.7. The average Bonchev–Trinajstić information content (AvgIpc) is 1.62. The van der Waals surface area contributed by atoms with E-state index in [0.29, 0.717) is 0 Å². The summed E-state index contributed by atoms with van der Waals surface area (Å²) in [7, 11) is 0. The first-order valence-electron chi connectivity index (χ1n) is 2.57. The molecule has 0 amide bonds. The van der Waals surface area contributed by atoms with E-state index in [1.54, 1.807) is 0 Å². The molecule has 0 rings (SSSR count). The van der Waals surface area contributed by atoms with Crippen LogP contribution in [0, 0.1) is 0 Å². The largest absolute Gasteiger partial charge is 0.481 e.